The highest BCUT2D eigenvalue weighted by Crippen LogP contribution is 2.37. The third-order valence-corrected chi connectivity index (χ3v) is 3.60. The van der Waals surface area contributed by atoms with Crippen molar-refractivity contribution in [1.29, 1.82) is 0 Å². The fraction of sp³-hybridized carbons (Fsp3) is 0.462. The van der Waals surface area contributed by atoms with Crippen LogP contribution in [0.2, 0.25) is 0 Å². The zero-order chi connectivity index (χ0) is 14.3. The molecule has 6 heteroatoms. The quantitative estimate of drug-likeness (QED) is 0.794. The molecule has 5 nitrogen and oxygen atoms in total. The van der Waals surface area contributed by atoms with Gasteiger partial charge in [-0.2, -0.15) is 0 Å². The second-order valence-electron chi connectivity index (χ2n) is 5.73. The Morgan fingerprint density at radius 1 is 1.05 bits per heavy atom. The van der Waals surface area contributed by atoms with Crippen molar-refractivity contribution < 1.29 is 9.31 Å². The summed E-state index contributed by atoms with van der Waals surface area (Å²) in [5, 5.41) is 0. The zero-order valence-corrected chi connectivity index (χ0v) is 11.8. The average molecular weight is 261 g/mol. The van der Waals surface area contributed by atoms with Crippen LogP contribution in [0.15, 0.2) is 18.1 Å². The number of nitrogens with zero attached hydrogens (tertiary/aromatic N) is 1. The van der Waals surface area contributed by atoms with Crippen LogP contribution in [-0.4, -0.2) is 23.3 Å². The van der Waals surface area contributed by atoms with Gasteiger partial charge in [-0.3, -0.25) is 0 Å². The molecule has 0 spiro atoms. The minimum atomic E-state index is -0.374. The number of nitrogens with two attached hydrogens (primary N) is 2. The Hall–Kier alpha value is -1.53. The maximum Gasteiger partial charge on any atom is 0.487 e. The van der Waals surface area contributed by atoms with Crippen molar-refractivity contribution >= 4 is 24.8 Å². The molecule has 0 saturated carbocycles. The van der Waals surface area contributed by atoms with E-state index in [0.29, 0.717) is 11.6 Å². The lowest BCUT2D eigenvalue weighted by Crippen LogP contribution is -2.41. The van der Waals surface area contributed by atoms with Crippen molar-refractivity contribution in [1.82, 2.24) is 4.98 Å². The van der Waals surface area contributed by atoms with Crippen LogP contribution in [0.4, 0.5) is 11.6 Å². The van der Waals surface area contributed by atoms with Crippen molar-refractivity contribution in [2.75, 3.05) is 11.5 Å². The van der Waals surface area contributed by atoms with Gasteiger partial charge in [0, 0.05) is 0 Å². The summed E-state index contributed by atoms with van der Waals surface area (Å²) < 4.78 is 11.7. The smallest absolute Gasteiger partial charge is 0.400 e. The SMILES string of the molecule is CC1(C)OB(/C=C/c2cc(N)nc(N)c2)OC1(C)C. The lowest BCUT2D eigenvalue weighted by molar-refractivity contribution is 0.00578. The Labute approximate surface area is 114 Å². The number of anilines is 2. The summed E-state index contributed by atoms with van der Waals surface area (Å²) in [6, 6.07) is 3.50. The first-order valence-corrected chi connectivity index (χ1v) is 6.26. The molecule has 0 bridgehead atoms. The van der Waals surface area contributed by atoms with Gasteiger partial charge in [-0.15, -0.1) is 0 Å². The molecule has 0 aliphatic carbocycles. The highest BCUT2D eigenvalue weighted by molar-refractivity contribution is 6.52. The van der Waals surface area contributed by atoms with Gasteiger partial charge in [-0.1, -0.05) is 12.1 Å². The van der Waals surface area contributed by atoms with Crippen LogP contribution in [0, 0.1) is 0 Å². The molecule has 102 valence electrons. The molecule has 1 aromatic heterocycles. The monoisotopic (exact) mass is 261 g/mol. The number of aromatic nitrogens is 1. The molecule has 1 aliphatic heterocycles. The molecule has 1 aliphatic rings. The van der Waals surface area contributed by atoms with Crippen molar-refractivity contribution in [3.8, 4) is 0 Å². The number of nitrogen functional groups attached to an aromatic ring is 2. The van der Waals surface area contributed by atoms with Crippen LogP contribution >= 0.6 is 0 Å². The van der Waals surface area contributed by atoms with Crippen molar-refractivity contribution in [2.45, 2.75) is 38.9 Å². The summed E-state index contributed by atoms with van der Waals surface area (Å²) >= 11 is 0. The van der Waals surface area contributed by atoms with E-state index in [1.54, 1.807) is 12.1 Å². The Kier molecular flexibility index (Phi) is 3.32. The van der Waals surface area contributed by atoms with Gasteiger partial charge in [0.25, 0.3) is 0 Å². The Balaban J connectivity index is 2.12. The van der Waals surface area contributed by atoms with Crippen molar-refractivity contribution in [3.05, 3.63) is 23.7 Å². The van der Waals surface area contributed by atoms with Crippen LogP contribution in [0.5, 0.6) is 0 Å². The van der Waals surface area contributed by atoms with E-state index in [9.17, 15) is 0 Å². The molecule has 1 aromatic rings. The van der Waals surface area contributed by atoms with Crippen molar-refractivity contribution in [3.63, 3.8) is 0 Å². The van der Waals surface area contributed by atoms with E-state index in [1.807, 2.05) is 39.7 Å². The van der Waals surface area contributed by atoms with E-state index in [4.69, 9.17) is 20.8 Å². The summed E-state index contributed by atoms with van der Waals surface area (Å²) in [6.45, 7) is 8.07. The van der Waals surface area contributed by atoms with Gasteiger partial charge in [0.15, 0.2) is 0 Å². The minimum absolute atomic E-state index is 0.335. The lowest BCUT2D eigenvalue weighted by Gasteiger charge is -2.32. The summed E-state index contributed by atoms with van der Waals surface area (Å²) in [7, 11) is -0.374. The predicted octanol–water partition coefficient (Wildman–Crippen LogP) is 1.89. The van der Waals surface area contributed by atoms with Gasteiger partial charge in [-0.25, -0.2) is 4.98 Å². The molecule has 0 unspecified atom stereocenters. The molecule has 2 heterocycles. The Morgan fingerprint density at radius 2 is 1.53 bits per heavy atom. The first kappa shape index (κ1) is 13.9. The van der Waals surface area contributed by atoms with Crippen LogP contribution in [0.25, 0.3) is 6.08 Å². The minimum Gasteiger partial charge on any atom is -0.400 e. The third-order valence-electron chi connectivity index (χ3n) is 3.60. The standard InChI is InChI=1S/C13H20BN3O2/c1-12(2)13(3,4)19-14(18-12)6-5-9-7-10(15)17-11(16)8-9/h5-8H,1-4H3,(H4,15,16,17)/b6-5+. The second kappa shape index (κ2) is 4.54. The van der Waals surface area contributed by atoms with Crippen LogP contribution in [-0.2, 0) is 9.31 Å². The maximum atomic E-state index is 5.86. The van der Waals surface area contributed by atoms with E-state index in [-0.39, 0.29) is 18.3 Å². The Bertz CT molecular complexity index is 478. The summed E-state index contributed by atoms with van der Waals surface area (Å²) in [6.07, 6.45) is 1.87. The lowest BCUT2D eigenvalue weighted by atomic mass is 9.89. The molecule has 1 fully saturated rings. The highest BCUT2D eigenvalue weighted by Gasteiger charge is 2.49. The van der Waals surface area contributed by atoms with Gasteiger partial charge in [0.05, 0.1) is 11.2 Å². The van der Waals surface area contributed by atoms with Gasteiger partial charge in [0.1, 0.15) is 11.6 Å². The topological polar surface area (TPSA) is 83.4 Å². The molecule has 2 rings (SSSR count). The average Bonchev–Trinajstić information content (AvgIpc) is 2.43. The van der Waals surface area contributed by atoms with Gasteiger partial charge in [0.2, 0.25) is 0 Å². The predicted molar refractivity (Wildman–Crippen MR) is 78.2 cm³/mol. The highest BCUT2D eigenvalue weighted by atomic mass is 16.7. The van der Waals surface area contributed by atoms with E-state index >= 15 is 0 Å². The molecule has 4 N–H and O–H groups in total. The van der Waals surface area contributed by atoms with Crippen molar-refractivity contribution in [2.24, 2.45) is 0 Å². The molecule has 0 atom stereocenters. The Morgan fingerprint density at radius 3 is 2.00 bits per heavy atom. The van der Waals surface area contributed by atoms with E-state index in [2.05, 4.69) is 4.98 Å². The van der Waals surface area contributed by atoms with Gasteiger partial charge < -0.3 is 20.8 Å². The summed E-state index contributed by atoms with van der Waals surface area (Å²) in [4.78, 5) is 3.92. The largest absolute Gasteiger partial charge is 0.487 e. The molecule has 0 amide bonds. The normalized spacial score (nSPS) is 21.2. The number of pyridine rings is 1. The van der Waals surface area contributed by atoms with Gasteiger partial charge in [-0.05, 0) is 45.4 Å². The van der Waals surface area contributed by atoms with Crippen LogP contribution in [0.3, 0.4) is 0 Å². The molecular formula is C13H20BN3O2. The first-order chi connectivity index (χ1) is 8.69. The maximum absolute atomic E-state index is 5.86. The van der Waals surface area contributed by atoms with Crippen LogP contribution in [0.1, 0.15) is 33.3 Å². The molecular weight excluding hydrogens is 241 g/mol. The number of rotatable bonds is 2. The van der Waals surface area contributed by atoms with E-state index < -0.39 is 0 Å². The molecule has 0 aromatic carbocycles. The van der Waals surface area contributed by atoms with Gasteiger partial charge >= 0.3 is 7.12 Å². The second-order valence-corrected chi connectivity index (χ2v) is 5.73. The molecule has 1 saturated heterocycles. The summed E-state index contributed by atoms with van der Waals surface area (Å²) in [5.41, 5.74) is 11.5. The fourth-order valence-electron chi connectivity index (χ4n) is 1.85. The fourth-order valence-corrected chi connectivity index (χ4v) is 1.85. The first-order valence-electron chi connectivity index (χ1n) is 6.26. The molecule has 0 radical (unpaired) electrons. The molecule has 19 heavy (non-hydrogen) atoms. The zero-order valence-electron chi connectivity index (χ0n) is 11.8. The third kappa shape index (κ3) is 2.90. The number of hydrogen-bond acceptors (Lipinski definition) is 5. The van der Waals surface area contributed by atoms with Crippen LogP contribution < -0.4 is 11.5 Å². The number of hydrogen-bond donors (Lipinski definition) is 2. The van der Waals surface area contributed by atoms with E-state index in [0.717, 1.165) is 5.56 Å². The van der Waals surface area contributed by atoms with E-state index in [1.165, 1.54) is 0 Å². The summed E-state index contributed by atoms with van der Waals surface area (Å²) in [5.74, 6) is 2.65.